The molecule has 0 fully saturated rings. The molecule has 0 atom stereocenters. The molecule has 56 valence electrons. The molecule has 0 N–H and O–H groups in total. The van der Waals surface area contributed by atoms with Crippen molar-refractivity contribution in [2.24, 2.45) is 5.41 Å². The van der Waals surface area contributed by atoms with Crippen molar-refractivity contribution in [3.05, 3.63) is 18.4 Å². The Morgan fingerprint density at radius 2 is 2.00 bits per heavy atom. The van der Waals surface area contributed by atoms with Gasteiger partial charge in [-0.05, 0) is 18.9 Å². The van der Waals surface area contributed by atoms with Gasteiger partial charge in [-0.1, -0.05) is 20.4 Å². The van der Waals surface area contributed by atoms with Gasteiger partial charge in [-0.15, -0.1) is 5.73 Å². The van der Waals surface area contributed by atoms with Crippen molar-refractivity contribution in [1.82, 2.24) is 0 Å². The molecule has 0 aromatic rings. The zero-order chi connectivity index (χ0) is 8.04. The summed E-state index contributed by atoms with van der Waals surface area (Å²) in [5.41, 5.74) is 2.35. The molecule has 0 saturated carbocycles. The Kier molecular flexibility index (Phi) is 3.75. The lowest BCUT2D eigenvalue weighted by Gasteiger charge is -2.18. The highest BCUT2D eigenvalue weighted by molar-refractivity contribution is 5.62. The molecule has 10 heavy (non-hydrogen) atoms. The maximum atomic E-state index is 10.6. The predicted molar refractivity (Wildman–Crippen MR) is 42.8 cm³/mol. The van der Waals surface area contributed by atoms with E-state index in [1.807, 2.05) is 13.8 Å². The first-order valence-corrected chi connectivity index (χ1v) is 3.58. The normalized spacial score (nSPS) is 10.2. The van der Waals surface area contributed by atoms with E-state index in [0.717, 1.165) is 19.1 Å². The number of carbonyl (C=O) groups is 1. The highest BCUT2D eigenvalue weighted by atomic mass is 16.1. The van der Waals surface area contributed by atoms with E-state index in [2.05, 4.69) is 12.3 Å². The lowest BCUT2D eigenvalue weighted by molar-refractivity contribution is -0.114. The second-order valence-electron chi connectivity index (χ2n) is 2.41. The third kappa shape index (κ3) is 1.85. The molecule has 0 spiro atoms. The molecule has 1 nitrogen and oxygen atoms in total. The van der Waals surface area contributed by atoms with Gasteiger partial charge in [0.2, 0.25) is 0 Å². The molecule has 0 aromatic carbocycles. The van der Waals surface area contributed by atoms with Gasteiger partial charge in [0.1, 0.15) is 6.29 Å². The van der Waals surface area contributed by atoms with Crippen LogP contribution in [0.2, 0.25) is 0 Å². The van der Waals surface area contributed by atoms with E-state index in [0.29, 0.717) is 0 Å². The second kappa shape index (κ2) is 4.08. The van der Waals surface area contributed by atoms with E-state index in [1.165, 1.54) is 0 Å². The Balaban J connectivity index is 4.45. The molecule has 0 aromatic heterocycles. The molecular formula is C9H14O. The van der Waals surface area contributed by atoms with Crippen molar-refractivity contribution >= 4 is 6.29 Å². The van der Waals surface area contributed by atoms with E-state index >= 15 is 0 Å². The Morgan fingerprint density at radius 3 is 2.10 bits per heavy atom. The summed E-state index contributed by atoms with van der Waals surface area (Å²) in [4.78, 5) is 10.6. The molecule has 0 saturated heterocycles. The fraction of sp³-hybridized carbons (Fsp3) is 0.556. The van der Waals surface area contributed by atoms with E-state index in [1.54, 1.807) is 6.08 Å². The minimum absolute atomic E-state index is 0.304. The zero-order valence-electron chi connectivity index (χ0n) is 6.68. The summed E-state index contributed by atoms with van der Waals surface area (Å²) < 4.78 is 0. The lowest BCUT2D eigenvalue weighted by Crippen LogP contribution is -2.16. The van der Waals surface area contributed by atoms with Crippen molar-refractivity contribution in [1.29, 1.82) is 0 Å². The fourth-order valence-electron chi connectivity index (χ4n) is 0.858. The molecule has 0 amide bonds. The Bertz CT molecular complexity index is 148. The first kappa shape index (κ1) is 9.19. The van der Waals surface area contributed by atoms with E-state index in [-0.39, 0.29) is 5.41 Å². The summed E-state index contributed by atoms with van der Waals surface area (Å²) in [7, 11) is 0. The molecule has 1 heteroatoms. The van der Waals surface area contributed by atoms with E-state index in [4.69, 9.17) is 0 Å². The van der Waals surface area contributed by atoms with E-state index < -0.39 is 0 Å². The maximum absolute atomic E-state index is 10.6. The second-order valence-corrected chi connectivity index (χ2v) is 2.41. The first-order valence-electron chi connectivity index (χ1n) is 3.58. The molecular weight excluding hydrogens is 124 g/mol. The summed E-state index contributed by atoms with van der Waals surface area (Å²) >= 11 is 0. The average Bonchev–Trinajstić information content (AvgIpc) is 2.01. The van der Waals surface area contributed by atoms with Crippen LogP contribution in [0, 0.1) is 5.41 Å². The van der Waals surface area contributed by atoms with Gasteiger partial charge in [0, 0.05) is 0 Å². The van der Waals surface area contributed by atoms with Gasteiger partial charge in [-0.25, -0.2) is 0 Å². The lowest BCUT2D eigenvalue weighted by atomic mass is 9.84. The van der Waals surface area contributed by atoms with Crippen LogP contribution in [0.25, 0.3) is 0 Å². The molecule has 0 aliphatic heterocycles. The molecule has 0 aliphatic rings. The number of carbonyl (C=O) groups excluding carboxylic acids is 1. The summed E-state index contributed by atoms with van der Waals surface area (Å²) in [6.45, 7) is 7.43. The number of hydrogen-bond donors (Lipinski definition) is 0. The Labute approximate surface area is 62.4 Å². The Hall–Kier alpha value is -0.810. The van der Waals surface area contributed by atoms with Crippen LogP contribution in [0.1, 0.15) is 26.7 Å². The molecule has 0 unspecified atom stereocenters. The van der Waals surface area contributed by atoms with Crippen LogP contribution in [0.3, 0.4) is 0 Å². The molecule has 0 bridgehead atoms. The van der Waals surface area contributed by atoms with Crippen LogP contribution in [0.15, 0.2) is 18.4 Å². The smallest absolute Gasteiger partial charge is 0.130 e. The fourth-order valence-corrected chi connectivity index (χ4v) is 0.858. The van der Waals surface area contributed by atoms with Crippen LogP contribution < -0.4 is 0 Å². The van der Waals surface area contributed by atoms with Crippen molar-refractivity contribution < 1.29 is 4.79 Å². The average molecular weight is 138 g/mol. The molecule has 0 aliphatic carbocycles. The number of allylic oxidation sites excluding steroid dienone is 1. The van der Waals surface area contributed by atoms with Gasteiger partial charge >= 0.3 is 0 Å². The van der Waals surface area contributed by atoms with Gasteiger partial charge < -0.3 is 4.79 Å². The molecule has 0 heterocycles. The van der Waals surface area contributed by atoms with Crippen LogP contribution in [-0.4, -0.2) is 6.29 Å². The highest BCUT2D eigenvalue weighted by Crippen LogP contribution is 2.24. The van der Waals surface area contributed by atoms with Crippen molar-refractivity contribution in [3.8, 4) is 0 Å². The minimum Gasteiger partial charge on any atom is -0.302 e. The zero-order valence-corrected chi connectivity index (χ0v) is 6.68. The van der Waals surface area contributed by atoms with Crippen LogP contribution in [0.5, 0.6) is 0 Å². The molecule has 0 radical (unpaired) electrons. The minimum atomic E-state index is -0.304. The monoisotopic (exact) mass is 138 g/mol. The highest BCUT2D eigenvalue weighted by Gasteiger charge is 2.20. The van der Waals surface area contributed by atoms with Gasteiger partial charge in [0.15, 0.2) is 0 Å². The topological polar surface area (TPSA) is 17.1 Å². The SMILES string of the molecule is C=C=CC(C=O)(CC)CC. The van der Waals surface area contributed by atoms with Gasteiger partial charge in [-0.2, -0.15) is 0 Å². The molecule has 0 rings (SSSR count). The summed E-state index contributed by atoms with van der Waals surface area (Å²) in [5, 5.41) is 0. The summed E-state index contributed by atoms with van der Waals surface area (Å²) in [5.74, 6) is 0. The summed E-state index contributed by atoms with van der Waals surface area (Å²) in [6, 6.07) is 0. The van der Waals surface area contributed by atoms with Crippen molar-refractivity contribution in [2.75, 3.05) is 0 Å². The van der Waals surface area contributed by atoms with Crippen LogP contribution >= 0.6 is 0 Å². The van der Waals surface area contributed by atoms with Crippen LogP contribution in [0.4, 0.5) is 0 Å². The van der Waals surface area contributed by atoms with Gasteiger partial charge in [0.05, 0.1) is 5.41 Å². The Morgan fingerprint density at radius 1 is 1.50 bits per heavy atom. The third-order valence-electron chi connectivity index (χ3n) is 1.94. The largest absolute Gasteiger partial charge is 0.302 e. The number of rotatable bonds is 4. The number of hydrogen-bond acceptors (Lipinski definition) is 1. The van der Waals surface area contributed by atoms with Crippen molar-refractivity contribution in [2.45, 2.75) is 26.7 Å². The van der Waals surface area contributed by atoms with E-state index in [9.17, 15) is 4.79 Å². The van der Waals surface area contributed by atoms with Gasteiger partial charge in [0.25, 0.3) is 0 Å². The van der Waals surface area contributed by atoms with Crippen LogP contribution in [-0.2, 0) is 4.79 Å². The maximum Gasteiger partial charge on any atom is 0.130 e. The summed E-state index contributed by atoms with van der Waals surface area (Å²) in [6.07, 6.45) is 4.39. The van der Waals surface area contributed by atoms with Crippen molar-refractivity contribution in [3.63, 3.8) is 0 Å². The number of aldehydes is 1. The predicted octanol–water partition coefficient (Wildman–Crippen LogP) is 2.33. The first-order chi connectivity index (χ1) is 4.74. The standard InChI is InChI=1S/C9H14O/c1-4-7-9(5-2,6-3)8-10/h7-8H,1,5-6H2,2-3H3. The van der Waals surface area contributed by atoms with Gasteiger partial charge in [-0.3, -0.25) is 0 Å². The third-order valence-corrected chi connectivity index (χ3v) is 1.94. The quantitative estimate of drug-likeness (QED) is 0.430.